The molecule has 0 radical (unpaired) electrons. The van der Waals surface area contributed by atoms with Crippen molar-refractivity contribution in [2.45, 2.75) is 12.8 Å². The lowest BCUT2D eigenvalue weighted by atomic mass is 9.94. The quantitative estimate of drug-likeness (QED) is 0.164. The number of fused-ring (bicyclic) bond motifs is 9. The van der Waals surface area contributed by atoms with Gasteiger partial charge in [-0.05, 0) is 87.0 Å². The summed E-state index contributed by atoms with van der Waals surface area (Å²) < 4.78 is 13.0. The molecule has 0 unspecified atom stereocenters. The predicted molar refractivity (Wildman–Crippen MR) is 235 cm³/mol. The van der Waals surface area contributed by atoms with E-state index >= 15 is 0 Å². The van der Waals surface area contributed by atoms with Crippen molar-refractivity contribution in [1.29, 1.82) is 0 Å². The zero-order valence-electron chi connectivity index (χ0n) is 31.3. The molecule has 0 saturated carbocycles. The molecule has 12 rings (SSSR count). The molecule has 1 aliphatic rings. The Labute approximate surface area is 333 Å². The van der Waals surface area contributed by atoms with E-state index < -0.39 is 0 Å². The number of nitrogens with zero attached hydrogens (tertiary/aromatic N) is 3. The molecule has 5 nitrogen and oxygen atoms in total. The second-order valence-electron chi connectivity index (χ2n) is 15.0. The summed E-state index contributed by atoms with van der Waals surface area (Å²) in [6.45, 7) is 0. The van der Waals surface area contributed by atoms with Gasteiger partial charge in [-0.1, -0.05) is 146 Å². The minimum absolute atomic E-state index is 0.601. The van der Waals surface area contributed by atoms with Crippen LogP contribution in [-0.4, -0.2) is 15.0 Å². The Hall–Kier alpha value is -7.63. The number of benzene rings is 8. The molecule has 272 valence electrons. The van der Waals surface area contributed by atoms with Crippen molar-refractivity contribution >= 4 is 60.0 Å². The highest BCUT2D eigenvalue weighted by atomic mass is 16.3. The molecule has 0 fully saturated rings. The molecular weight excluding hydrogens is 711 g/mol. The van der Waals surface area contributed by atoms with Gasteiger partial charge in [-0.2, -0.15) is 0 Å². The van der Waals surface area contributed by atoms with E-state index in [9.17, 15) is 0 Å². The summed E-state index contributed by atoms with van der Waals surface area (Å²) in [5, 5.41) is 8.07. The molecule has 58 heavy (non-hydrogen) atoms. The van der Waals surface area contributed by atoms with Crippen molar-refractivity contribution in [2.24, 2.45) is 0 Å². The molecule has 0 amide bonds. The summed E-state index contributed by atoms with van der Waals surface area (Å²) >= 11 is 0. The van der Waals surface area contributed by atoms with Gasteiger partial charge in [0, 0.05) is 32.8 Å². The lowest BCUT2D eigenvalue weighted by Crippen LogP contribution is -2.06. The van der Waals surface area contributed by atoms with E-state index in [-0.39, 0.29) is 0 Å². The van der Waals surface area contributed by atoms with Crippen molar-refractivity contribution in [3.05, 3.63) is 193 Å². The SMILES string of the molecule is C1=C(c2nc(-c3ccc(-c4cc(-c5ccccc5)cc5oc6ccccc6c45)cc3)nc(-c3ccc4ccc5ccccc5c4c3)n2)c2oc3ccccc3c2CC1. The first kappa shape index (κ1) is 32.6. The molecule has 0 aliphatic heterocycles. The minimum atomic E-state index is 0.601. The van der Waals surface area contributed by atoms with E-state index in [1.807, 2.05) is 30.3 Å². The number of furan rings is 2. The van der Waals surface area contributed by atoms with Gasteiger partial charge in [0.25, 0.3) is 0 Å². The van der Waals surface area contributed by atoms with Crippen LogP contribution < -0.4 is 0 Å². The normalized spacial score (nSPS) is 12.8. The van der Waals surface area contributed by atoms with Gasteiger partial charge < -0.3 is 8.83 Å². The summed E-state index contributed by atoms with van der Waals surface area (Å²) in [4.78, 5) is 15.6. The third kappa shape index (κ3) is 5.28. The molecule has 5 heteroatoms. The van der Waals surface area contributed by atoms with E-state index in [0.717, 1.165) is 95.8 Å². The van der Waals surface area contributed by atoms with E-state index in [4.69, 9.17) is 23.8 Å². The molecule has 8 aromatic carbocycles. The van der Waals surface area contributed by atoms with Gasteiger partial charge in [-0.15, -0.1) is 0 Å². The van der Waals surface area contributed by atoms with Gasteiger partial charge in [0.05, 0.1) is 5.57 Å². The maximum atomic E-state index is 6.54. The fraction of sp³-hybridized carbons (Fsp3) is 0.0377. The van der Waals surface area contributed by atoms with Crippen LogP contribution >= 0.6 is 0 Å². The van der Waals surface area contributed by atoms with Crippen molar-refractivity contribution in [2.75, 3.05) is 0 Å². The van der Waals surface area contributed by atoms with E-state index in [1.54, 1.807) is 0 Å². The Balaban J connectivity index is 1.03. The number of aryl methyl sites for hydroxylation is 1. The number of allylic oxidation sites excluding steroid dienone is 1. The topological polar surface area (TPSA) is 65.0 Å². The second-order valence-corrected chi connectivity index (χ2v) is 15.0. The molecular formula is C53H33N3O2. The van der Waals surface area contributed by atoms with Crippen molar-refractivity contribution < 1.29 is 8.83 Å². The molecule has 0 spiro atoms. The monoisotopic (exact) mass is 743 g/mol. The van der Waals surface area contributed by atoms with Crippen LogP contribution in [0.5, 0.6) is 0 Å². The molecule has 11 aromatic rings. The Bertz CT molecular complexity index is 3450. The average molecular weight is 744 g/mol. The maximum absolute atomic E-state index is 6.54. The standard InChI is InChI=1S/C53H33N3O2/c1-2-11-32(12-3-1)38-30-45(49-42-16-7-9-20-47(42)57-48(49)31-38)35-23-26-36(27-24-35)51-54-52(37-28-25-34-22-21-33-13-4-5-14-39(33)44(34)29-37)56-53(55-51)43-18-10-17-41-40-15-6-8-19-46(40)58-50(41)43/h1-9,11-16,18-31H,10,17H2. The van der Waals surface area contributed by atoms with Gasteiger partial charge in [-0.3, -0.25) is 0 Å². The lowest BCUT2D eigenvalue weighted by Gasteiger charge is -2.14. The Morgan fingerprint density at radius 3 is 1.84 bits per heavy atom. The number of para-hydroxylation sites is 2. The molecule has 0 saturated heterocycles. The third-order valence-electron chi connectivity index (χ3n) is 11.6. The van der Waals surface area contributed by atoms with Gasteiger partial charge in [0.15, 0.2) is 17.5 Å². The molecule has 0 N–H and O–H groups in total. The highest BCUT2D eigenvalue weighted by Gasteiger charge is 2.25. The van der Waals surface area contributed by atoms with Crippen LogP contribution in [0.25, 0.3) is 105 Å². The van der Waals surface area contributed by atoms with Gasteiger partial charge in [0.1, 0.15) is 22.5 Å². The highest BCUT2D eigenvalue weighted by molar-refractivity contribution is 6.14. The van der Waals surface area contributed by atoms with Crippen LogP contribution in [0.15, 0.2) is 185 Å². The number of hydrogen-bond acceptors (Lipinski definition) is 5. The van der Waals surface area contributed by atoms with Gasteiger partial charge in [-0.25, -0.2) is 15.0 Å². The maximum Gasteiger partial charge on any atom is 0.167 e. The summed E-state index contributed by atoms with van der Waals surface area (Å²) in [5.41, 5.74) is 11.0. The van der Waals surface area contributed by atoms with E-state index in [2.05, 4.69) is 146 Å². The zero-order valence-corrected chi connectivity index (χ0v) is 31.3. The van der Waals surface area contributed by atoms with E-state index in [0.29, 0.717) is 17.5 Å². The first-order valence-corrected chi connectivity index (χ1v) is 19.7. The fourth-order valence-electron chi connectivity index (χ4n) is 8.78. The summed E-state index contributed by atoms with van der Waals surface area (Å²) in [7, 11) is 0. The Morgan fingerprint density at radius 2 is 1.02 bits per heavy atom. The fourth-order valence-corrected chi connectivity index (χ4v) is 8.78. The highest BCUT2D eigenvalue weighted by Crippen LogP contribution is 2.42. The zero-order chi connectivity index (χ0) is 38.2. The number of rotatable bonds is 5. The van der Waals surface area contributed by atoms with Crippen LogP contribution in [0.1, 0.15) is 23.6 Å². The van der Waals surface area contributed by atoms with Crippen molar-refractivity contribution in [3.8, 4) is 45.0 Å². The largest absolute Gasteiger partial charge is 0.456 e. The van der Waals surface area contributed by atoms with Crippen LogP contribution in [0.4, 0.5) is 0 Å². The van der Waals surface area contributed by atoms with Crippen molar-refractivity contribution in [3.63, 3.8) is 0 Å². The predicted octanol–water partition coefficient (Wildman–Crippen LogP) is 13.9. The summed E-state index contributed by atoms with van der Waals surface area (Å²) in [6.07, 6.45) is 3.99. The van der Waals surface area contributed by atoms with Gasteiger partial charge >= 0.3 is 0 Å². The van der Waals surface area contributed by atoms with Gasteiger partial charge in [0.2, 0.25) is 0 Å². The molecule has 3 aromatic heterocycles. The van der Waals surface area contributed by atoms with E-state index in [1.165, 1.54) is 21.7 Å². The lowest BCUT2D eigenvalue weighted by molar-refractivity contribution is 0.590. The van der Waals surface area contributed by atoms with Crippen LogP contribution in [0.2, 0.25) is 0 Å². The molecule has 0 bridgehead atoms. The smallest absolute Gasteiger partial charge is 0.167 e. The number of aromatic nitrogens is 3. The van der Waals surface area contributed by atoms with Crippen LogP contribution in [0, 0.1) is 0 Å². The molecule has 1 aliphatic carbocycles. The second kappa shape index (κ2) is 13.0. The minimum Gasteiger partial charge on any atom is -0.456 e. The van der Waals surface area contributed by atoms with Crippen molar-refractivity contribution in [1.82, 2.24) is 15.0 Å². The average Bonchev–Trinajstić information content (AvgIpc) is 3.87. The summed E-state index contributed by atoms with van der Waals surface area (Å²) in [5.74, 6) is 2.66. The summed E-state index contributed by atoms with van der Waals surface area (Å²) in [6, 6.07) is 59.4. The van der Waals surface area contributed by atoms with Crippen LogP contribution in [0.3, 0.4) is 0 Å². The first-order valence-electron chi connectivity index (χ1n) is 19.7. The first-order chi connectivity index (χ1) is 28.7. The number of hydrogen-bond donors (Lipinski definition) is 0. The Morgan fingerprint density at radius 1 is 0.397 bits per heavy atom. The van der Waals surface area contributed by atoms with Crippen LogP contribution in [-0.2, 0) is 6.42 Å². The Kier molecular flexibility index (Phi) is 7.29. The molecule has 0 atom stereocenters. The molecule has 3 heterocycles. The third-order valence-corrected chi connectivity index (χ3v) is 11.6.